The molecule has 1 aromatic heterocycles. The van der Waals surface area contributed by atoms with Crippen molar-refractivity contribution in [2.24, 2.45) is 0 Å². The van der Waals surface area contributed by atoms with Crippen LogP contribution >= 0.6 is 0 Å². The molecule has 2 rings (SSSR count). The molecule has 0 atom stereocenters. The van der Waals surface area contributed by atoms with Crippen molar-refractivity contribution < 1.29 is 17.9 Å². The number of carbonyl (C=O) groups is 1. The van der Waals surface area contributed by atoms with Crippen LogP contribution in [0, 0.1) is 0 Å². The molecule has 0 radical (unpaired) electrons. The van der Waals surface area contributed by atoms with Crippen molar-refractivity contribution in [2.75, 3.05) is 33.4 Å². The van der Waals surface area contributed by atoms with Crippen LogP contribution in [0.15, 0.2) is 54.2 Å². The van der Waals surface area contributed by atoms with Crippen LogP contribution < -0.4 is 5.32 Å². The molecule has 0 saturated heterocycles. The number of hydrogen-bond acceptors (Lipinski definition) is 5. The van der Waals surface area contributed by atoms with E-state index in [2.05, 4.69) is 16.9 Å². The summed E-state index contributed by atoms with van der Waals surface area (Å²) < 4.78 is 32.3. The van der Waals surface area contributed by atoms with E-state index in [9.17, 15) is 13.2 Å². The largest absolute Gasteiger partial charge is 0.383 e. The first kappa shape index (κ1) is 19.0. The Balaban J connectivity index is 2.39. The number of nitrogens with one attached hydrogen (secondary N) is 1. The first-order valence-corrected chi connectivity index (χ1v) is 9.14. The molecule has 7 nitrogen and oxygen atoms in total. The summed E-state index contributed by atoms with van der Waals surface area (Å²) in [6, 6.07) is 6.62. The normalized spacial score (nSPS) is 11.6. The summed E-state index contributed by atoms with van der Waals surface area (Å²) in [4.78, 5) is 16.2. The number of hydrogen-bond donors (Lipinski definition) is 1. The zero-order chi connectivity index (χ0) is 18.3. The minimum Gasteiger partial charge on any atom is -0.383 e. The summed E-state index contributed by atoms with van der Waals surface area (Å²) in [7, 11) is -2.40. The summed E-state index contributed by atoms with van der Waals surface area (Å²) in [6.07, 6.45) is 4.67. The fourth-order valence-corrected chi connectivity index (χ4v) is 3.93. The molecule has 0 fully saturated rings. The van der Waals surface area contributed by atoms with E-state index < -0.39 is 15.9 Å². The summed E-state index contributed by atoms with van der Waals surface area (Å²) in [5, 5.41) is 3.86. The average Bonchev–Trinajstić information content (AvgIpc) is 2.62. The van der Waals surface area contributed by atoms with Gasteiger partial charge < -0.3 is 10.1 Å². The second-order valence-corrected chi connectivity index (χ2v) is 7.18. The van der Waals surface area contributed by atoms with Gasteiger partial charge in [0.2, 0.25) is 15.9 Å². The Hall–Kier alpha value is -2.29. The molecule has 1 amide bonds. The van der Waals surface area contributed by atoms with Gasteiger partial charge in [-0.1, -0.05) is 18.2 Å². The lowest BCUT2D eigenvalue weighted by Crippen LogP contribution is -2.42. The maximum Gasteiger partial charge on any atom is 0.244 e. The highest BCUT2D eigenvalue weighted by molar-refractivity contribution is 7.89. The molecule has 8 heteroatoms. The first-order valence-electron chi connectivity index (χ1n) is 7.70. The third kappa shape index (κ3) is 4.62. The molecule has 0 bridgehead atoms. The number of amides is 1. The Bertz CT molecular complexity index is 847. The SMILES string of the molecule is C=CCNC(=O)CN(CCOC)S(=O)(=O)c1cccc2cnccc12. The van der Waals surface area contributed by atoms with Crippen molar-refractivity contribution in [3.05, 3.63) is 49.3 Å². The molecule has 0 aliphatic heterocycles. The van der Waals surface area contributed by atoms with E-state index >= 15 is 0 Å². The lowest BCUT2D eigenvalue weighted by atomic mass is 10.2. The van der Waals surface area contributed by atoms with Gasteiger partial charge in [0, 0.05) is 43.4 Å². The Morgan fingerprint density at radius 3 is 2.92 bits per heavy atom. The second-order valence-electron chi connectivity index (χ2n) is 5.28. The molecule has 1 N–H and O–H groups in total. The Morgan fingerprint density at radius 2 is 2.20 bits per heavy atom. The summed E-state index contributed by atoms with van der Waals surface area (Å²) in [5.41, 5.74) is 0. The molecule has 1 aromatic carbocycles. The maximum absolute atomic E-state index is 13.1. The topological polar surface area (TPSA) is 88.6 Å². The minimum absolute atomic E-state index is 0.0712. The summed E-state index contributed by atoms with van der Waals surface area (Å²) in [6.45, 7) is 3.76. The molecule has 0 aliphatic rings. The van der Waals surface area contributed by atoms with Gasteiger partial charge in [-0.05, 0) is 12.1 Å². The number of fused-ring (bicyclic) bond motifs is 1. The Morgan fingerprint density at radius 1 is 1.40 bits per heavy atom. The highest BCUT2D eigenvalue weighted by atomic mass is 32.2. The molecule has 0 spiro atoms. The van der Waals surface area contributed by atoms with Crippen LogP contribution in [-0.4, -0.2) is 57.0 Å². The van der Waals surface area contributed by atoms with Gasteiger partial charge in [-0.2, -0.15) is 4.31 Å². The van der Waals surface area contributed by atoms with Gasteiger partial charge in [0.25, 0.3) is 0 Å². The Labute approximate surface area is 147 Å². The van der Waals surface area contributed by atoms with Gasteiger partial charge in [-0.3, -0.25) is 9.78 Å². The number of nitrogens with zero attached hydrogens (tertiary/aromatic N) is 2. The quantitative estimate of drug-likeness (QED) is 0.676. The number of carbonyl (C=O) groups excluding carboxylic acids is 1. The van der Waals surface area contributed by atoms with E-state index in [0.29, 0.717) is 10.8 Å². The van der Waals surface area contributed by atoms with Crippen molar-refractivity contribution in [1.29, 1.82) is 0 Å². The van der Waals surface area contributed by atoms with E-state index in [-0.39, 0.29) is 31.1 Å². The number of ether oxygens (including phenoxy) is 1. The molecule has 0 saturated carbocycles. The molecular weight excluding hydrogens is 342 g/mol. The van der Waals surface area contributed by atoms with Crippen LogP contribution in [0.25, 0.3) is 10.8 Å². The Kier molecular flexibility index (Phi) is 6.63. The van der Waals surface area contributed by atoms with Crippen molar-refractivity contribution in [1.82, 2.24) is 14.6 Å². The molecule has 0 aliphatic carbocycles. The van der Waals surface area contributed by atoms with Crippen LogP contribution in [0.4, 0.5) is 0 Å². The standard InChI is InChI=1S/C17H21N3O4S/c1-3-8-19-17(21)13-20(10-11-24-2)25(22,23)16-6-4-5-14-12-18-9-7-15(14)16/h3-7,9,12H,1,8,10-11,13H2,2H3,(H,19,21). The van der Waals surface area contributed by atoms with Gasteiger partial charge in [0.05, 0.1) is 18.0 Å². The highest BCUT2D eigenvalue weighted by Crippen LogP contribution is 2.25. The molecule has 2 aromatic rings. The summed E-state index contributed by atoms with van der Waals surface area (Å²) >= 11 is 0. The van der Waals surface area contributed by atoms with Crippen LogP contribution in [0.2, 0.25) is 0 Å². The van der Waals surface area contributed by atoms with Gasteiger partial charge in [0.1, 0.15) is 0 Å². The zero-order valence-corrected chi connectivity index (χ0v) is 14.8. The van der Waals surface area contributed by atoms with Gasteiger partial charge in [0.15, 0.2) is 0 Å². The average molecular weight is 363 g/mol. The van der Waals surface area contributed by atoms with Crippen molar-refractivity contribution in [2.45, 2.75) is 4.90 Å². The number of methoxy groups -OCH3 is 1. The highest BCUT2D eigenvalue weighted by Gasteiger charge is 2.27. The number of sulfonamides is 1. The molecular formula is C17H21N3O4S. The van der Waals surface area contributed by atoms with E-state index in [1.165, 1.54) is 25.4 Å². The minimum atomic E-state index is -3.88. The maximum atomic E-state index is 13.1. The third-order valence-corrected chi connectivity index (χ3v) is 5.47. The van der Waals surface area contributed by atoms with E-state index in [4.69, 9.17) is 4.74 Å². The van der Waals surface area contributed by atoms with Crippen molar-refractivity contribution in [3.63, 3.8) is 0 Å². The van der Waals surface area contributed by atoms with Crippen LogP contribution in [0.1, 0.15) is 0 Å². The van der Waals surface area contributed by atoms with Gasteiger partial charge in [-0.15, -0.1) is 6.58 Å². The smallest absolute Gasteiger partial charge is 0.244 e. The molecule has 1 heterocycles. The molecule has 0 unspecified atom stereocenters. The third-order valence-electron chi connectivity index (χ3n) is 3.57. The van der Waals surface area contributed by atoms with Crippen LogP contribution in [-0.2, 0) is 19.6 Å². The first-order chi connectivity index (χ1) is 12.0. The number of benzene rings is 1. The van der Waals surface area contributed by atoms with Crippen molar-refractivity contribution in [3.8, 4) is 0 Å². The number of aromatic nitrogens is 1. The van der Waals surface area contributed by atoms with Gasteiger partial charge in [-0.25, -0.2) is 8.42 Å². The lowest BCUT2D eigenvalue weighted by molar-refractivity contribution is -0.121. The van der Waals surface area contributed by atoms with Crippen molar-refractivity contribution >= 4 is 26.7 Å². The number of pyridine rings is 1. The van der Waals surface area contributed by atoms with E-state index in [1.807, 2.05) is 0 Å². The monoisotopic (exact) mass is 363 g/mol. The fraction of sp³-hybridized carbons (Fsp3) is 0.294. The van der Waals surface area contributed by atoms with E-state index in [0.717, 1.165) is 4.31 Å². The molecule has 25 heavy (non-hydrogen) atoms. The number of rotatable bonds is 9. The van der Waals surface area contributed by atoms with E-state index in [1.54, 1.807) is 24.4 Å². The summed E-state index contributed by atoms with van der Waals surface area (Å²) in [5.74, 6) is -0.401. The van der Waals surface area contributed by atoms with Crippen LogP contribution in [0.3, 0.4) is 0 Å². The predicted molar refractivity (Wildman–Crippen MR) is 95.6 cm³/mol. The zero-order valence-electron chi connectivity index (χ0n) is 14.0. The van der Waals surface area contributed by atoms with Gasteiger partial charge >= 0.3 is 0 Å². The lowest BCUT2D eigenvalue weighted by Gasteiger charge is -2.22. The second kappa shape index (κ2) is 8.70. The predicted octanol–water partition coefficient (Wildman–Crippen LogP) is 1.17. The van der Waals surface area contributed by atoms with Crippen LogP contribution in [0.5, 0.6) is 0 Å². The fourth-order valence-electron chi connectivity index (χ4n) is 2.34. The molecule has 134 valence electrons.